The maximum atomic E-state index is 12.3. The van der Waals surface area contributed by atoms with Gasteiger partial charge in [0, 0.05) is 36.3 Å². The molecule has 10 nitrogen and oxygen atoms in total. The van der Waals surface area contributed by atoms with Crippen LogP contribution in [0.4, 0.5) is 11.4 Å². The first kappa shape index (κ1) is 21.8. The number of carboxylic acids is 1. The van der Waals surface area contributed by atoms with Crippen molar-refractivity contribution >= 4 is 34.9 Å². The number of nitrogens with one attached hydrogen (secondary N) is 1. The highest BCUT2D eigenvalue weighted by Gasteiger charge is 2.14. The van der Waals surface area contributed by atoms with Gasteiger partial charge in [-0.1, -0.05) is 11.6 Å². The molecule has 0 atom stereocenters. The summed E-state index contributed by atoms with van der Waals surface area (Å²) in [5.41, 5.74) is 0.587. The highest BCUT2D eigenvalue weighted by atomic mass is 35.5. The van der Waals surface area contributed by atoms with Crippen LogP contribution in [0, 0.1) is 17.0 Å². The summed E-state index contributed by atoms with van der Waals surface area (Å²) in [4.78, 5) is 33.8. The summed E-state index contributed by atoms with van der Waals surface area (Å²) in [6.45, 7) is 1.94. The van der Waals surface area contributed by atoms with Gasteiger partial charge >= 0.3 is 5.97 Å². The van der Waals surface area contributed by atoms with Crippen LogP contribution in [0.1, 0.15) is 22.5 Å². The first-order chi connectivity index (χ1) is 14.7. The van der Waals surface area contributed by atoms with E-state index in [1.165, 1.54) is 35.1 Å². The lowest BCUT2D eigenvalue weighted by Gasteiger charge is -2.10. The molecular formula is C20H17ClN4O6. The lowest BCUT2D eigenvalue weighted by molar-refractivity contribution is -0.384. The van der Waals surface area contributed by atoms with Crippen molar-refractivity contribution in [2.75, 3.05) is 5.32 Å². The largest absolute Gasteiger partial charge is 0.476 e. The Morgan fingerprint density at radius 2 is 2.00 bits per heavy atom. The summed E-state index contributed by atoms with van der Waals surface area (Å²) < 4.78 is 7.02. The summed E-state index contributed by atoms with van der Waals surface area (Å²) in [6.07, 6.45) is 1.43. The van der Waals surface area contributed by atoms with Gasteiger partial charge in [-0.15, -0.1) is 0 Å². The van der Waals surface area contributed by atoms with Crippen molar-refractivity contribution in [2.45, 2.75) is 19.9 Å². The number of nitro groups is 1. The van der Waals surface area contributed by atoms with Crippen LogP contribution in [-0.4, -0.2) is 31.7 Å². The molecule has 0 saturated heterocycles. The highest BCUT2D eigenvalue weighted by Crippen LogP contribution is 2.31. The number of non-ortho nitro benzene ring substituents is 1. The van der Waals surface area contributed by atoms with Gasteiger partial charge in [-0.2, -0.15) is 5.10 Å². The van der Waals surface area contributed by atoms with Gasteiger partial charge in [-0.3, -0.25) is 19.6 Å². The lowest BCUT2D eigenvalue weighted by atomic mass is 10.2. The Kier molecular flexibility index (Phi) is 6.51. The molecule has 0 aliphatic heterocycles. The maximum absolute atomic E-state index is 12.3. The number of carboxylic acid groups (broad SMARTS) is 1. The maximum Gasteiger partial charge on any atom is 0.356 e. The van der Waals surface area contributed by atoms with Gasteiger partial charge in [0.25, 0.3) is 5.69 Å². The fourth-order valence-corrected chi connectivity index (χ4v) is 2.79. The topological polar surface area (TPSA) is 137 Å². The summed E-state index contributed by atoms with van der Waals surface area (Å²) in [5.74, 6) is -0.985. The van der Waals surface area contributed by atoms with Gasteiger partial charge < -0.3 is 15.2 Å². The molecule has 0 fully saturated rings. The van der Waals surface area contributed by atoms with Gasteiger partial charge in [0.2, 0.25) is 5.91 Å². The number of rotatable bonds is 8. The second-order valence-electron chi connectivity index (χ2n) is 6.55. The molecule has 0 spiro atoms. The number of carbonyl (C=O) groups excluding carboxylic acids is 1. The third kappa shape index (κ3) is 5.80. The summed E-state index contributed by atoms with van der Waals surface area (Å²) in [7, 11) is 0. The molecule has 0 aliphatic rings. The third-order valence-electron chi connectivity index (χ3n) is 4.18. The number of nitrogens with zero attached hydrogens (tertiary/aromatic N) is 3. The van der Waals surface area contributed by atoms with Crippen LogP contribution in [0.5, 0.6) is 11.5 Å². The van der Waals surface area contributed by atoms with E-state index in [9.17, 15) is 19.7 Å². The zero-order chi connectivity index (χ0) is 22.5. The molecule has 11 heteroatoms. The molecular weight excluding hydrogens is 428 g/mol. The number of halogens is 1. The van der Waals surface area contributed by atoms with Gasteiger partial charge in [0.1, 0.15) is 11.5 Å². The standard InChI is InChI=1S/C20H17ClN4O6/c1-12-8-15(2-3-17(12)21)31-16-10-13(9-14(11-16)25(29)30)22-19(26)5-7-24-6-4-18(23-24)20(27)28/h2-4,6,8-11H,5,7H2,1H3,(H,22,26)(H,27,28). The van der Waals surface area contributed by atoms with E-state index in [-0.39, 0.29) is 35.8 Å². The Morgan fingerprint density at radius 1 is 1.23 bits per heavy atom. The molecule has 0 bridgehead atoms. The van der Waals surface area contributed by atoms with Crippen molar-refractivity contribution in [3.63, 3.8) is 0 Å². The lowest BCUT2D eigenvalue weighted by Crippen LogP contribution is -2.15. The number of anilines is 1. The van der Waals surface area contributed by atoms with Crippen LogP contribution in [0.3, 0.4) is 0 Å². The fourth-order valence-electron chi connectivity index (χ4n) is 2.68. The van der Waals surface area contributed by atoms with Crippen molar-refractivity contribution in [1.82, 2.24) is 9.78 Å². The fraction of sp³-hybridized carbons (Fsp3) is 0.150. The molecule has 2 aromatic carbocycles. The Morgan fingerprint density at radius 3 is 2.65 bits per heavy atom. The quantitative estimate of drug-likeness (QED) is 0.391. The predicted molar refractivity (Wildman–Crippen MR) is 112 cm³/mol. The Bertz CT molecular complexity index is 1160. The number of benzene rings is 2. The third-order valence-corrected chi connectivity index (χ3v) is 4.60. The number of amides is 1. The van der Waals surface area contributed by atoms with E-state index in [0.717, 1.165) is 5.56 Å². The van der Waals surface area contributed by atoms with E-state index in [1.807, 2.05) is 0 Å². The van der Waals surface area contributed by atoms with Crippen molar-refractivity contribution in [3.8, 4) is 11.5 Å². The Labute approximate surface area is 181 Å². The summed E-state index contributed by atoms with van der Waals surface area (Å²) in [6, 6.07) is 10.2. The highest BCUT2D eigenvalue weighted by molar-refractivity contribution is 6.31. The van der Waals surface area contributed by atoms with Gasteiger partial charge in [0.05, 0.1) is 16.7 Å². The molecule has 1 heterocycles. The normalized spacial score (nSPS) is 10.5. The minimum Gasteiger partial charge on any atom is -0.476 e. The molecule has 0 aliphatic carbocycles. The molecule has 1 aromatic heterocycles. The molecule has 160 valence electrons. The smallest absolute Gasteiger partial charge is 0.356 e. The van der Waals surface area contributed by atoms with E-state index in [4.69, 9.17) is 21.4 Å². The number of hydrogen-bond acceptors (Lipinski definition) is 6. The minimum absolute atomic E-state index is 0.0179. The van der Waals surface area contributed by atoms with Crippen LogP contribution in [-0.2, 0) is 11.3 Å². The minimum atomic E-state index is -1.16. The molecule has 0 unspecified atom stereocenters. The average Bonchev–Trinajstić information content (AvgIpc) is 3.18. The SMILES string of the molecule is Cc1cc(Oc2cc(NC(=O)CCn3ccc(C(=O)O)n3)cc([N+](=O)[O-])c2)ccc1Cl. The molecule has 0 saturated carbocycles. The zero-order valence-corrected chi connectivity index (χ0v) is 17.0. The van der Waals surface area contributed by atoms with E-state index in [1.54, 1.807) is 25.1 Å². The summed E-state index contributed by atoms with van der Waals surface area (Å²) >= 11 is 6.00. The number of hydrogen-bond donors (Lipinski definition) is 2. The average molecular weight is 445 g/mol. The van der Waals surface area contributed by atoms with Crippen LogP contribution < -0.4 is 10.1 Å². The van der Waals surface area contributed by atoms with E-state index >= 15 is 0 Å². The predicted octanol–water partition coefficient (Wildman–Crippen LogP) is 4.27. The van der Waals surface area contributed by atoms with Gasteiger partial charge in [-0.05, 0) is 36.8 Å². The zero-order valence-electron chi connectivity index (χ0n) is 16.2. The molecule has 3 aromatic rings. The Hall–Kier alpha value is -3.92. The van der Waals surface area contributed by atoms with E-state index in [2.05, 4.69) is 10.4 Å². The second kappa shape index (κ2) is 9.26. The number of carbonyl (C=O) groups is 2. The van der Waals surface area contributed by atoms with Crippen molar-refractivity contribution in [3.05, 3.63) is 75.1 Å². The van der Waals surface area contributed by atoms with E-state index < -0.39 is 16.8 Å². The monoisotopic (exact) mass is 444 g/mol. The van der Waals surface area contributed by atoms with Crippen molar-refractivity contribution in [2.24, 2.45) is 0 Å². The molecule has 0 radical (unpaired) electrons. The van der Waals surface area contributed by atoms with Crippen LogP contribution >= 0.6 is 11.6 Å². The van der Waals surface area contributed by atoms with Crippen LogP contribution in [0.15, 0.2) is 48.7 Å². The molecule has 31 heavy (non-hydrogen) atoms. The first-order valence-corrected chi connectivity index (χ1v) is 9.39. The number of nitro benzene ring substituents is 1. The second-order valence-corrected chi connectivity index (χ2v) is 6.96. The first-order valence-electron chi connectivity index (χ1n) is 9.01. The number of aromatic nitrogens is 2. The molecule has 3 rings (SSSR count). The number of ether oxygens (including phenoxy) is 1. The van der Waals surface area contributed by atoms with Crippen molar-refractivity contribution < 1.29 is 24.4 Å². The molecule has 2 N–H and O–H groups in total. The summed E-state index contributed by atoms with van der Waals surface area (Å²) in [5, 5.41) is 27.1. The van der Waals surface area contributed by atoms with Crippen LogP contribution in [0.25, 0.3) is 0 Å². The van der Waals surface area contributed by atoms with Gasteiger partial charge in [0.15, 0.2) is 5.69 Å². The number of aryl methyl sites for hydroxylation is 2. The Balaban J connectivity index is 1.71. The number of aromatic carboxylic acids is 1. The van der Waals surface area contributed by atoms with Crippen molar-refractivity contribution in [1.29, 1.82) is 0 Å². The molecule has 1 amide bonds. The van der Waals surface area contributed by atoms with Crippen LogP contribution in [0.2, 0.25) is 5.02 Å². The van der Waals surface area contributed by atoms with E-state index in [0.29, 0.717) is 10.8 Å². The van der Waals surface area contributed by atoms with Gasteiger partial charge in [-0.25, -0.2) is 4.79 Å².